The third-order valence-electron chi connectivity index (χ3n) is 6.01. The maximum absolute atomic E-state index is 11.3. The van der Waals surface area contributed by atoms with Crippen molar-refractivity contribution in [1.82, 2.24) is 9.97 Å². The zero-order valence-electron chi connectivity index (χ0n) is 21.0. The Balaban J connectivity index is 1.45. The van der Waals surface area contributed by atoms with Crippen molar-refractivity contribution in [2.45, 2.75) is 19.3 Å². The molecule has 0 radical (unpaired) electrons. The highest BCUT2D eigenvalue weighted by atomic mass is 32.2. The first-order valence-electron chi connectivity index (χ1n) is 12.0. The van der Waals surface area contributed by atoms with Crippen LogP contribution in [0.15, 0.2) is 72.6 Å². The fraction of sp³-hybridized carbons (Fsp3) is 0.222. The van der Waals surface area contributed by atoms with Crippen molar-refractivity contribution in [3.8, 4) is 11.5 Å². The van der Waals surface area contributed by atoms with Crippen LogP contribution in [0.5, 0.6) is 11.5 Å². The second kappa shape index (κ2) is 12.2. The van der Waals surface area contributed by atoms with E-state index < -0.39 is 10.3 Å². The fourth-order valence-corrected chi connectivity index (χ4v) is 4.44. The maximum atomic E-state index is 11.3. The number of methoxy groups -OCH3 is 1. The second-order valence-corrected chi connectivity index (χ2v) is 9.61. The molecule has 0 bridgehead atoms. The van der Waals surface area contributed by atoms with Gasteiger partial charge >= 0.3 is 0 Å². The van der Waals surface area contributed by atoms with E-state index in [1.807, 2.05) is 54.6 Å². The number of aromatic nitrogens is 2. The van der Waals surface area contributed by atoms with Crippen LogP contribution in [0.4, 0.5) is 23.1 Å². The highest BCUT2D eigenvalue weighted by Crippen LogP contribution is 2.30. The van der Waals surface area contributed by atoms with Crippen LogP contribution in [0, 0.1) is 0 Å². The topological polar surface area (TPSA) is 160 Å². The van der Waals surface area contributed by atoms with E-state index in [1.165, 1.54) is 0 Å². The van der Waals surface area contributed by atoms with E-state index in [-0.39, 0.29) is 5.95 Å². The molecule has 3 aromatic rings. The number of rotatable bonds is 10. The van der Waals surface area contributed by atoms with Crippen LogP contribution < -0.4 is 31.6 Å². The Hall–Kier alpha value is -4.51. The molecule has 0 fully saturated rings. The van der Waals surface area contributed by atoms with Crippen molar-refractivity contribution in [2.24, 2.45) is 0 Å². The van der Waals surface area contributed by atoms with Gasteiger partial charge in [0.15, 0.2) is 11.5 Å². The molecule has 0 aliphatic heterocycles. The van der Waals surface area contributed by atoms with Gasteiger partial charge in [-0.1, -0.05) is 12.1 Å². The number of anilines is 4. The molecule has 0 atom stereocenters. The van der Waals surface area contributed by atoms with Gasteiger partial charge in [0.1, 0.15) is 5.82 Å². The van der Waals surface area contributed by atoms with Gasteiger partial charge in [0.05, 0.1) is 18.6 Å². The van der Waals surface area contributed by atoms with Crippen LogP contribution in [-0.4, -0.2) is 43.5 Å². The molecule has 0 saturated carbocycles. The van der Waals surface area contributed by atoms with Crippen molar-refractivity contribution >= 4 is 38.3 Å². The summed E-state index contributed by atoms with van der Waals surface area (Å²) >= 11 is 0. The summed E-state index contributed by atoms with van der Waals surface area (Å²) in [6.45, 7) is 1.06. The SMILES string of the molecule is COc1ccc(Cc2cnc(N)nc2N)cc1OCCCN(C1=CCC(=S(=O)=O)C=C1)c1ccc(N)cc1. The summed E-state index contributed by atoms with van der Waals surface area (Å²) in [6, 6.07) is 13.3. The third kappa shape index (κ3) is 6.62. The number of nitrogens with zero attached hydrogens (tertiary/aromatic N) is 3. The summed E-state index contributed by atoms with van der Waals surface area (Å²) < 4.78 is 34.2. The predicted octanol–water partition coefficient (Wildman–Crippen LogP) is 2.99. The molecule has 0 unspecified atom stereocenters. The zero-order chi connectivity index (χ0) is 27.1. The Morgan fingerprint density at radius 1 is 1.03 bits per heavy atom. The normalized spacial score (nSPS) is 12.7. The van der Waals surface area contributed by atoms with Gasteiger partial charge in [-0.05, 0) is 60.5 Å². The lowest BCUT2D eigenvalue weighted by molar-refractivity contribution is 0.290. The lowest BCUT2D eigenvalue weighted by Gasteiger charge is -2.27. The smallest absolute Gasteiger partial charge is 0.221 e. The van der Waals surface area contributed by atoms with Crippen LogP contribution in [0.25, 0.3) is 0 Å². The van der Waals surface area contributed by atoms with E-state index in [1.54, 1.807) is 19.4 Å². The molecule has 4 rings (SSSR count). The second-order valence-electron chi connectivity index (χ2n) is 8.61. The summed E-state index contributed by atoms with van der Waals surface area (Å²) in [5.74, 6) is 1.72. The lowest BCUT2D eigenvalue weighted by atomic mass is 10.1. The van der Waals surface area contributed by atoms with Crippen molar-refractivity contribution in [3.05, 3.63) is 83.7 Å². The van der Waals surface area contributed by atoms with Gasteiger partial charge in [-0.25, -0.2) is 4.98 Å². The van der Waals surface area contributed by atoms with Crippen LogP contribution in [0.2, 0.25) is 0 Å². The molecular formula is C27H30N6O4S. The van der Waals surface area contributed by atoms with Crippen LogP contribution in [-0.2, 0) is 16.7 Å². The third-order valence-corrected chi connectivity index (χ3v) is 6.74. The van der Waals surface area contributed by atoms with Crippen molar-refractivity contribution in [1.29, 1.82) is 0 Å². The summed E-state index contributed by atoms with van der Waals surface area (Å²) in [5.41, 5.74) is 21.7. The number of nitrogens with two attached hydrogens (primary N) is 3. The van der Waals surface area contributed by atoms with Gasteiger partial charge in [0.25, 0.3) is 0 Å². The molecule has 1 heterocycles. The molecule has 1 aliphatic carbocycles. The summed E-state index contributed by atoms with van der Waals surface area (Å²) in [6.07, 6.45) is 8.52. The Morgan fingerprint density at radius 2 is 1.82 bits per heavy atom. The van der Waals surface area contributed by atoms with Gasteiger partial charge in [-0.15, -0.1) is 0 Å². The van der Waals surface area contributed by atoms with E-state index in [0.717, 1.165) is 22.5 Å². The fourth-order valence-electron chi connectivity index (χ4n) is 4.04. The monoisotopic (exact) mass is 534 g/mol. The minimum atomic E-state index is -2.23. The summed E-state index contributed by atoms with van der Waals surface area (Å²) in [5, 5.41) is 0. The van der Waals surface area contributed by atoms with Crippen molar-refractivity contribution in [3.63, 3.8) is 0 Å². The molecule has 1 aromatic heterocycles. The van der Waals surface area contributed by atoms with Crippen LogP contribution in [0.3, 0.4) is 0 Å². The first-order valence-corrected chi connectivity index (χ1v) is 13.0. The molecule has 198 valence electrons. The van der Waals surface area contributed by atoms with E-state index in [4.69, 9.17) is 26.7 Å². The maximum Gasteiger partial charge on any atom is 0.221 e. The molecule has 0 amide bonds. The van der Waals surface area contributed by atoms with Gasteiger partial charge in [-0.3, -0.25) is 0 Å². The molecule has 38 heavy (non-hydrogen) atoms. The number of hydrogen-bond donors (Lipinski definition) is 3. The molecule has 10 nitrogen and oxygen atoms in total. The van der Waals surface area contributed by atoms with Crippen molar-refractivity contribution in [2.75, 3.05) is 42.4 Å². The highest BCUT2D eigenvalue weighted by molar-refractivity contribution is 7.73. The first kappa shape index (κ1) is 26.6. The van der Waals surface area contributed by atoms with Crippen LogP contribution >= 0.6 is 0 Å². The van der Waals surface area contributed by atoms with Crippen molar-refractivity contribution < 1.29 is 17.9 Å². The van der Waals surface area contributed by atoms with Gasteiger partial charge in [-0.2, -0.15) is 13.4 Å². The molecule has 1 aliphatic rings. The molecule has 6 N–H and O–H groups in total. The Bertz CT molecular complexity index is 1490. The largest absolute Gasteiger partial charge is 0.493 e. The summed E-state index contributed by atoms with van der Waals surface area (Å²) in [7, 11) is -0.632. The van der Waals surface area contributed by atoms with Gasteiger partial charge in [0, 0.05) is 48.2 Å². The number of allylic oxidation sites excluding steroid dienone is 3. The quantitative estimate of drug-likeness (QED) is 0.200. The molecule has 11 heteroatoms. The number of ether oxygens (including phenoxy) is 2. The summed E-state index contributed by atoms with van der Waals surface area (Å²) in [4.78, 5) is 10.5. The number of nitrogen functional groups attached to an aromatic ring is 3. The Morgan fingerprint density at radius 3 is 2.47 bits per heavy atom. The van der Waals surface area contributed by atoms with Gasteiger partial charge in [0.2, 0.25) is 16.2 Å². The van der Waals surface area contributed by atoms with E-state index in [2.05, 4.69) is 14.9 Å². The molecule has 0 spiro atoms. The molecular weight excluding hydrogens is 504 g/mol. The Labute approximate surface area is 222 Å². The molecule has 0 saturated heterocycles. The molecule has 2 aromatic carbocycles. The highest BCUT2D eigenvalue weighted by Gasteiger charge is 2.15. The first-order chi connectivity index (χ1) is 18.3. The van der Waals surface area contributed by atoms with Crippen LogP contribution in [0.1, 0.15) is 24.0 Å². The lowest BCUT2D eigenvalue weighted by Crippen LogP contribution is -2.25. The van der Waals surface area contributed by atoms with E-state index >= 15 is 0 Å². The predicted molar refractivity (Wildman–Crippen MR) is 151 cm³/mol. The minimum Gasteiger partial charge on any atom is -0.493 e. The number of benzene rings is 2. The standard InChI is InChI=1S/C27H30N6O4S/c1-36-24-12-3-18(15-19-17-31-27(30)32-26(19)29)16-25(24)37-14-2-13-33(21-6-4-20(28)5-7-21)22-8-10-23(11-9-22)38(34)35/h3-10,12,16-17H,2,11,13-15,28H2,1H3,(H4,29,30,31,32). The minimum absolute atomic E-state index is 0.136. The van der Waals surface area contributed by atoms with Gasteiger partial charge < -0.3 is 31.6 Å². The average Bonchev–Trinajstić information content (AvgIpc) is 2.91. The average molecular weight is 535 g/mol. The zero-order valence-corrected chi connectivity index (χ0v) is 21.8. The Kier molecular flexibility index (Phi) is 8.49. The van der Waals surface area contributed by atoms with E-state index in [0.29, 0.717) is 60.3 Å². The van der Waals surface area contributed by atoms with E-state index in [9.17, 15) is 8.42 Å². The number of hydrogen-bond acceptors (Lipinski definition) is 10.